The summed E-state index contributed by atoms with van der Waals surface area (Å²) in [5, 5.41) is 11.3. The quantitative estimate of drug-likeness (QED) is 0.114. The molecule has 0 heterocycles. The van der Waals surface area contributed by atoms with Crippen molar-refractivity contribution in [3.8, 4) is 0 Å². The number of ether oxygens (including phenoxy) is 1. The molecule has 0 N–H and O–H groups in total. The van der Waals surface area contributed by atoms with E-state index in [0.29, 0.717) is 30.5 Å². The highest BCUT2D eigenvalue weighted by atomic mass is 16.6. The Kier molecular flexibility index (Phi) is 16.1. The Labute approximate surface area is 207 Å². The third kappa shape index (κ3) is 11.8. The molecule has 0 saturated heterocycles. The topological polar surface area (TPSA) is 72.7 Å². The van der Waals surface area contributed by atoms with E-state index in [1.165, 1.54) is 44.6 Å². The second-order valence-electron chi connectivity index (χ2n) is 9.65. The highest BCUT2D eigenvalue weighted by Gasteiger charge is 2.24. The third-order valence-electron chi connectivity index (χ3n) is 6.58. The molecule has 0 aliphatic rings. The van der Waals surface area contributed by atoms with Gasteiger partial charge in [0.1, 0.15) is 6.61 Å². The second-order valence-corrected chi connectivity index (χ2v) is 9.65. The molecule has 6 heteroatoms. The molecule has 0 aliphatic carbocycles. The SMILES string of the molecule is CCCCCC(CCC)CN(CC(CCC)CCCCC)C(=O)OCc1ccccc1[N+](=O)[O-]. The molecule has 1 aromatic rings. The summed E-state index contributed by atoms with van der Waals surface area (Å²) in [5.41, 5.74) is 0.426. The number of nitro groups is 1. The van der Waals surface area contributed by atoms with Crippen molar-refractivity contribution in [2.24, 2.45) is 11.8 Å². The van der Waals surface area contributed by atoms with E-state index in [2.05, 4.69) is 27.7 Å². The van der Waals surface area contributed by atoms with Crippen molar-refractivity contribution in [1.29, 1.82) is 0 Å². The lowest BCUT2D eigenvalue weighted by molar-refractivity contribution is -0.385. The first-order valence-electron chi connectivity index (χ1n) is 13.6. The van der Waals surface area contributed by atoms with Gasteiger partial charge in [-0.15, -0.1) is 0 Å². The Balaban J connectivity index is 2.96. The number of unbranched alkanes of at least 4 members (excludes halogenated alkanes) is 4. The molecule has 1 aromatic carbocycles. The van der Waals surface area contributed by atoms with Crippen molar-refractivity contribution >= 4 is 11.8 Å². The first-order chi connectivity index (χ1) is 16.5. The van der Waals surface area contributed by atoms with Gasteiger partial charge in [0.25, 0.3) is 5.69 Å². The fraction of sp³-hybridized carbons (Fsp3) is 0.750. The predicted octanol–water partition coefficient (Wildman–Crippen LogP) is 8.53. The molecule has 0 aromatic heterocycles. The molecule has 194 valence electrons. The van der Waals surface area contributed by atoms with E-state index in [4.69, 9.17) is 4.74 Å². The van der Waals surface area contributed by atoms with Crippen molar-refractivity contribution in [1.82, 2.24) is 4.90 Å². The molecule has 0 bridgehead atoms. The maximum absolute atomic E-state index is 13.3. The normalized spacial score (nSPS) is 12.8. The molecule has 0 spiro atoms. The average molecular weight is 477 g/mol. The van der Waals surface area contributed by atoms with Crippen molar-refractivity contribution in [3.63, 3.8) is 0 Å². The molecule has 1 amide bonds. The van der Waals surface area contributed by atoms with Gasteiger partial charge in [0, 0.05) is 19.2 Å². The summed E-state index contributed by atoms with van der Waals surface area (Å²) in [6.45, 7) is 10.2. The first-order valence-corrected chi connectivity index (χ1v) is 13.6. The van der Waals surface area contributed by atoms with Crippen LogP contribution >= 0.6 is 0 Å². The van der Waals surface area contributed by atoms with E-state index in [1.54, 1.807) is 18.2 Å². The maximum Gasteiger partial charge on any atom is 0.410 e. The van der Waals surface area contributed by atoms with Crippen LogP contribution in [0.15, 0.2) is 24.3 Å². The van der Waals surface area contributed by atoms with Crippen molar-refractivity contribution in [2.45, 2.75) is 111 Å². The Bertz CT molecular complexity index is 673. The van der Waals surface area contributed by atoms with Crippen molar-refractivity contribution < 1.29 is 14.5 Å². The smallest absolute Gasteiger partial charge is 0.410 e. The van der Waals surface area contributed by atoms with Crippen LogP contribution in [0.2, 0.25) is 0 Å². The van der Waals surface area contributed by atoms with Crippen LogP contribution in [0.5, 0.6) is 0 Å². The number of hydrogen-bond donors (Lipinski definition) is 0. The monoisotopic (exact) mass is 476 g/mol. The molecule has 1 rings (SSSR count). The number of amides is 1. The predicted molar refractivity (Wildman–Crippen MR) is 140 cm³/mol. The van der Waals surface area contributed by atoms with Gasteiger partial charge in [-0.05, 0) is 43.6 Å². The number of carbonyl (C=O) groups excluding carboxylic acids is 1. The molecule has 6 nitrogen and oxygen atoms in total. The van der Waals surface area contributed by atoms with Gasteiger partial charge in [-0.3, -0.25) is 10.1 Å². The number of para-hydroxylation sites is 1. The molecule has 0 saturated carbocycles. The molecular weight excluding hydrogens is 428 g/mol. The molecule has 0 aliphatic heterocycles. The molecular formula is C28H48N2O4. The zero-order valence-electron chi connectivity index (χ0n) is 22.1. The summed E-state index contributed by atoms with van der Waals surface area (Å²) in [7, 11) is 0. The molecule has 2 unspecified atom stereocenters. The number of nitrogens with zero attached hydrogens (tertiary/aromatic N) is 2. The van der Waals surface area contributed by atoms with Gasteiger partial charge in [-0.1, -0.05) is 91.2 Å². The summed E-state index contributed by atoms with van der Waals surface area (Å²) >= 11 is 0. The van der Waals surface area contributed by atoms with Crippen LogP contribution < -0.4 is 0 Å². The van der Waals surface area contributed by atoms with Crippen molar-refractivity contribution in [3.05, 3.63) is 39.9 Å². The van der Waals surface area contributed by atoms with Crippen LogP contribution in [0.3, 0.4) is 0 Å². The van der Waals surface area contributed by atoms with E-state index < -0.39 is 4.92 Å². The lowest BCUT2D eigenvalue weighted by Crippen LogP contribution is -2.39. The van der Waals surface area contributed by atoms with Crippen molar-refractivity contribution in [2.75, 3.05) is 13.1 Å². The minimum absolute atomic E-state index is 0.00583. The van der Waals surface area contributed by atoms with E-state index in [0.717, 1.165) is 38.5 Å². The largest absolute Gasteiger partial charge is 0.444 e. The third-order valence-corrected chi connectivity index (χ3v) is 6.58. The number of hydrogen-bond acceptors (Lipinski definition) is 4. The lowest BCUT2D eigenvalue weighted by atomic mass is 9.93. The van der Waals surface area contributed by atoms with E-state index >= 15 is 0 Å². The minimum atomic E-state index is -0.420. The van der Waals surface area contributed by atoms with Gasteiger partial charge in [-0.25, -0.2) is 4.79 Å². The summed E-state index contributed by atoms with van der Waals surface area (Å²) in [4.78, 5) is 26.1. The maximum atomic E-state index is 13.3. The van der Waals surface area contributed by atoms with Crippen LogP contribution in [0.1, 0.15) is 110 Å². The fourth-order valence-electron chi connectivity index (χ4n) is 4.73. The summed E-state index contributed by atoms with van der Waals surface area (Å²) in [6, 6.07) is 6.49. The average Bonchev–Trinajstić information content (AvgIpc) is 2.82. The molecule has 0 radical (unpaired) electrons. The molecule has 0 fully saturated rings. The van der Waals surface area contributed by atoms with Gasteiger partial charge in [-0.2, -0.15) is 0 Å². The van der Waals surface area contributed by atoms with Gasteiger partial charge >= 0.3 is 6.09 Å². The first kappa shape index (κ1) is 29.9. The highest BCUT2D eigenvalue weighted by molar-refractivity contribution is 5.67. The van der Waals surface area contributed by atoms with Gasteiger partial charge in [0.15, 0.2) is 0 Å². The minimum Gasteiger partial charge on any atom is -0.444 e. The lowest BCUT2D eigenvalue weighted by Gasteiger charge is -2.30. The van der Waals surface area contributed by atoms with E-state index in [1.807, 2.05) is 4.90 Å². The van der Waals surface area contributed by atoms with Crippen LogP contribution in [0.4, 0.5) is 10.5 Å². The van der Waals surface area contributed by atoms with Crippen LogP contribution in [-0.4, -0.2) is 29.0 Å². The standard InChI is InChI=1S/C28H48N2O4/c1-5-9-11-17-24(15-7-3)21-29(22-25(16-8-4)18-12-10-6-2)28(31)34-23-26-19-13-14-20-27(26)30(32)33/h13-14,19-20,24-25H,5-12,15-18,21-23H2,1-4H3. The Morgan fingerprint density at radius 1 is 0.853 bits per heavy atom. The molecule has 2 atom stereocenters. The summed E-state index contributed by atoms with van der Waals surface area (Å²) in [5.74, 6) is 0.932. The van der Waals surface area contributed by atoms with Crippen LogP contribution in [0.25, 0.3) is 0 Å². The van der Waals surface area contributed by atoms with Gasteiger partial charge in [0.2, 0.25) is 0 Å². The highest BCUT2D eigenvalue weighted by Crippen LogP contribution is 2.23. The van der Waals surface area contributed by atoms with Gasteiger partial charge < -0.3 is 9.64 Å². The molecule has 34 heavy (non-hydrogen) atoms. The van der Waals surface area contributed by atoms with Crippen LogP contribution in [0, 0.1) is 22.0 Å². The number of benzene rings is 1. The summed E-state index contributed by atoms with van der Waals surface area (Å²) < 4.78 is 5.67. The van der Waals surface area contributed by atoms with E-state index in [9.17, 15) is 14.9 Å². The number of rotatable bonds is 19. The van der Waals surface area contributed by atoms with E-state index in [-0.39, 0.29) is 18.4 Å². The fourth-order valence-corrected chi connectivity index (χ4v) is 4.73. The van der Waals surface area contributed by atoms with Crippen LogP contribution in [-0.2, 0) is 11.3 Å². The Morgan fingerprint density at radius 2 is 1.38 bits per heavy atom. The Hall–Kier alpha value is -2.11. The zero-order chi connectivity index (χ0) is 25.2. The Morgan fingerprint density at radius 3 is 1.85 bits per heavy atom. The second kappa shape index (κ2) is 18.2. The number of nitro benzene ring substituents is 1. The zero-order valence-corrected chi connectivity index (χ0v) is 22.1. The number of carbonyl (C=O) groups is 1. The summed E-state index contributed by atoms with van der Waals surface area (Å²) in [6.07, 6.45) is 13.5. The van der Waals surface area contributed by atoms with Gasteiger partial charge in [0.05, 0.1) is 10.5 Å².